The van der Waals surface area contributed by atoms with Crippen molar-refractivity contribution < 1.29 is 13.2 Å². The van der Waals surface area contributed by atoms with Gasteiger partial charge in [0.2, 0.25) is 0 Å². The van der Waals surface area contributed by atoms with E-state index in [4.69, 9.17) is 5.73 Å². The first-order valence-corrected chi connectivity index (χ1v) is 6.63. The van der Waals surface area contributed by atoms with E-state index in [-0.39, 0.29) is 12.8 Å². The maximum atomic E-state index is 12.8. The van der Waals surface area contributed by atoms with Crippen LogP contribution >= 0.6 is 0 Å². The monoisotopic (exact) mass is 275 g/mol. The van der Waals surface area contributed by atoms with Gasteiger partial charge in [-0.25, -0.2) is 0 Å². The van der Waals surface area contributed by atoms with E-state index in [1.165, 1.54) is 0 Å². The zero-order chi connectivity index (χ0) is 14.1. The van der Waals surface area contributed by atoms with Crippen molar-refractivity contribution in [1.82, 2.24) is 9.78 Å². The molecular weight excluding hydrogens is 255 g/mol. The topological polar surface area (TPSA) is 43.8 Å². The number of hydrogen-bond donors (Lipinski definition) is 1. The van der Waals surface area contributed by atoms with Crippen molar-refractivity contribution >= 4 is 0 Å². The summed E-state index contributed by atoms with van der Waals surface area (Å²) in [6.45, 7) is 0. The zero-order valence-electron chi connectivity index (χ0n) is 11.1. The molecule has 1 aromatic rings. The van der Waals surface area contributed by atoms with Gasteiger partial charge in [-0.3, -0.25) is 4.68 Å². The summed E-state index contributed by atoms with van der Waals surface area (Å²) in [6, 6.07) is 1.88. The van der Waals surface area contributed by atoms with Crippen LogP contribution in [0.4, 0.5) is 13.2 Å². The van der Waals surface area contributed by atoms with E-state index in [1.807, 2.05) is 13.1 Å². The SMILES string of the molecule is Cn1nccc1CCC1(N)CCCC(C(F)(F)F)C1. The third-order valence-corrected chi connectivity index (χ3v) is 4.14. The quantitative estimate of drug-likeness (QED) is 0.921. The fourth-order valence-electron chi connectivity index (χ4n) is 2.93. The largest absolute Gasteiger partial charge is 0.391 e. The summed E-state index contributed by atoms with van der Waals surface area (Å²) in [5.41, 5.74) is 6.50. The third kappa shape index (κ3) is 3.49. The van der Waals surface area contributed by atoms with Crippen molar-refractivity contribution in [1.29, 1.82) is 0 Å². The molecule has 0 bridgehead atoms. The number of halogens is 3. The van der Waals surface area contributed by atoms with Crippen LogP contribution in [0.2, 0.25) is 0 Å². The lowest BCUT2D eigenvalue weighted by molar-refractivity contribution is -0.187. The van der Waals surface area contributed by atoms with Crippen LogP contribution in [0.5, 0.6) is 0 Å². The summed E-state index contributed by atoms with van der Waals surface area (Å²) in [7, 11) is 1.83. The summed E-state index contributed by atoms with van der Waals surface area (Å²) in [5, 5.41) is 4.05. The summed E-state index contributed by atoms with van der Waals surface area (Å²) in [5.74, 6) is -1.24. The maximum Gasteiger partial charge on any atom is 0.391 e. The Morgan fingerprint density at radius 2 is 2.26 bits per heavy atom. The molecule has 0 aliphatic heterocycles. The van der Waals surface area contributed by atoms with E-state index in [9.17, 15) is 13.2 Å². The molecule has 0 amide bonds. The number of alkyl halides is 3. The van der Waals surface area contributed by atoms with Gasteiger partial charge in [0.25, 0.3) is 0 Å². The number of rotatable bonds is 3. The van der Waals surface area contributed by atoms with Crippen molar-refractivity contribution in [2.45, 2.75) is 50.2 Å². The molecule has 1 fully saturated rings. The van der Waals surface area contributed by atoms with Crippen LogP contribution in [0.1, 0.15) is 37.8 Å². The zero-order valence-corrected chi connectivity index (χ0v) is 11.1. The van der Waals surface area contributed by atoms with Gasteiger partial charge < -0.3 is 5.73 Å². The van der Waals surface area contributed by atoms with Crippen LogP contribution in [0.3, 0.4) is 0 Å². The van der Waals surface area contributed by atoms with Gasteiger partial charge in [-0.05, 0) is 38.2 Å². The number of nitrogens with two attached hydrogens (primary N) is 1. The minimum Gasteiger partial charge on any atom is -0.325 e. The molecule has 0 aromatic carbocycles. The molecule has 3 nitrogen and oxygen atoms in total. The van der Waals surface area contributed by atoms with Gasteiger partial charge in [-0.2, -0.15) is 18.3 Å². The molecule has 19 heavy (non-hydrogen) atoms. The highest BCUT2D eigenvalue weighted by atomic mass is 19.4. The second-order valence-electron chi connectivity index (χ2n) is 5.64. The predicted octanol–water partition coefficient (Wildman–Crippen LogP) is 2.80. The van der Waals surface area contributed by atoms with Crippen LogP contribution in [0.15, 0.2) is 12.3 Å². The molecule has 2 N–H and O–H groups in total. The van der Waals surface area contributed by atoms with Crippen molar-refractivity contribution in [2.24, 2.45) is 18.7 Å². The first-order chi connectivity index (χ1) is 8.80. The van der Waals surface area contributed by atoms with Crippen molar-refractivity contribution in [3.8, 4) is 0 Å². The first kappa shape index (κ1) is 14.4. The van der Waals surface area contributed by atoms with Crippen molar-refractivity contribution in [2.75, 3.05) is 0 Å². The molecule has 2 atom stereocenters. The molecule has 0 radical (unpaired) electrons. The van der Waals surface area contributed by atoms with Gasteiger partial charge in [0.1, 0.15) is 0 Å². The van der Waals surface area contributed by atoms with E-state index in [2.05, 4.69) is 5.10 Å². The van der Waals surface area contributed by atoms with E-state index in [0.717, 1.165) is 5.69 Å². The Bertz CT molecular complexity index is 427. The Kier molecular flexibility index (Phi) is 3.90. The summed E-state index contributed by atoms with van der Waals surface area (Å²) in [4.78, 5) is 0. The van der Waals surface area contributed by atoms with Crippen molar-refractivity contribution in [3.05, 3.63) is 18.0 Å². The molecule has 0 saturated heterocycles. The van der Waals surface area contributed by atoms with Gasteiger partial charge in [0, 0.05) is 24.5 Å². The molecule has 1 aliphatic carbocycles. The number of aryl methyl sites for hydroxylation is 2. The van der Waals surface area contributed by atoms with Gasteiger partial charge in [-0.15, -0.1) is 0 Å². The van der Waals surface area contributed by atoms with Gasteiger partial charge in [0.15, 0.2) is 0 Å². The molecule has 1 saturated carbocycles. The maximum absolute atomic E-state index is 12.8. The fourth-order valence-corrected chi connectivity index (χ4v) is 2.93. The minimum atomic E-state index is -4.11. The van der Waals surface area contributed by atoms with Gasteiger partial charge in [-0.1, -0.05) is 6.42 Å². The summed E-state index contributed by atoms with van der Waals surface area (Å²) < 4.78 is 40.1. The van der Waals surface area contributed by atoms with Crippen LogP contribution < -0.4 is 5.73 Å². The number of hydrogen-bond acceptors (Lipinski definition) is 2. The minimum absolute atomic E-state index is 0.0500. The van der Waals surface area contributed by atoms with Gasteiger partial charge in [0.05, 0.1) is 5.92 Å². The lowest BCUT2D eigenvalue weighted by Crippen LogP contribution is -2.47. The Morgan fingerprint density at radius 3 is 2.84 bits per heavy atom. The van der Waals surface area contributed by atoms with E-state index in [1.54, 1.807) is 10.9 Å². The Labute approximate surface area is 111 Å². The van der Waals surface area contributed by atoms with Crippen LogP contribution in [0.25, 0.3) is 0 Å². The summed E-state index contributed by atoms with van der Waals surface area (Å²) >= 11 is 0. The smallest absolute Gasteiger partial charge is 0.325 e. The van der Waals surface area contributed by atoms with E-state index >= 15 is 0 Å². The molecule has 0 spiro atoms. The molecule has 2 unspecified atom stereocenters. The molecule has 1 heterocycles. The average Bonchev–Trinajstić information content (AvgIpc) is 2.71. The molecule has 2 rings (SSSR count). The normalized spacial score (nSPS) is 28.6. The summed E-state index contributed by atoms with van der Waals surface area (Å²) in [6.07, 6.45) is 0.345. The third-order valence-electron chi connectivity index (χ3n) is 4.14. The van der Waals surface area contributed by atoms with Crippen molar-refractivity contribution in [3.63, 3.8) is 0 Å². The van der Waals surface area contributed by atoms with E-state index in [0.29, 0.717) is 25.7 Å². The fraction of sp³-hybridized carbons (Fsp3) is 0.769. The lowest BCUT2D eigenvalue weighted by Gasteiger charge is -2.38. The molecule has 1 aliphatic rings. The Hall–Kier alpha value is -1.04. The first-order valence-electron chi connectivity index (χ1n) is 6.63. The Balaban J connectivity index is 1.96. The lowest BCUT2D eigenvalue weighted by atomic mass is 9.73. The van der Waals surface area contributed by atoms with Crippen LogP contribution in [-0.4, -0.2) is 21.5 Å². The molecule has 108 valence electrons. The molecular formula is C13H20F3N3. The van der Waals surface area contributed by atoms with Crippen LogP contribution in [-0.2, 0) is 13.5 Å². The Morgan fingerprint density at radius 1 is 1.53 bits per heavy atom. The molecule has 1 aromatic heterocycles. The second kappa shape index (κ2) is 5.15. The second-order valence-corrected chi connectivity index (χ2v) is 5.64. The molecule has 6 heteroatoms. The highest BCUT2D eigenvalue weighted by Crippen LogP contribution is 2.42. The van der Waals surface area contributed by atoms with Gasteiger partial charge >= 0.3 is 6.18 Å². The number of nitrogens with zero attached hydrogens (tertiary/aromatic N) is 2. The average molecular weight is 275 g/mol. The predicted molar refractivity (Wildman–Crippen MR) is 66.5 cm³/mol. The van der Waals surface area contributed by atoms with Crippen LogP contribution in [0, 0.1) is 5.92 Å². The standard InChI is InChI=1S/C13H20F3N3/c1-19-11(5-8-18-19)4-7-12(17)6-2-3-10(9-12)13(14,15)16/h5,8,10H,2-4,6-7,9,17H2,1H3. The van der Waals surface area contributed by atoms with E-state index < -0.39 is 17.6 Å². The highest BCUT2D eigenvalue weighted by molar-refractivity contribution is 5.03. The number of aromatic nitrogens is 2. The highest BCUT2D eigenvalue weighted by Gasteiger charge is 2.45.